The lowest BCUT2D eigenvalue weighted by atomic mass is 10.2. The first-order chi connectivity index (χ1) is 6.38. The molecule has 2 heteroatoms. The fourth-order valence-corrected chi connectivity index (χ4v) is 1.72. The van der Waals surface area contributed by atoms with E-state index in [1.165, 1.54) is 38.5 Å². The zero-order valence-electron chi connectivity index (χ0n) is 9.01. The molecule has 0 unspecified atom stereocenters. The predicted molar refractivity (Wildman–Crippen MR) is 55.2 cm³/mol. The highest BCUT2D eigenvalue weighted by molar-refractivity contribution is 4.83. The first-order valence-electron chi connectivity index (χ1n) is 5.62. The Hall–Kier alpha value is -0.0800. The molecule has 1 fully saturated rings. The van der Waals surface area contributed by atoms with Gasteiger partial charge in [-0.05, 0) is 25.7 Å². The molecule has 0 aromatic rings. The summed E-state index contributed by atoms with van der Waals surface area (Å²) in [4.78, 5) is 2.43. The molecule has 13 heavy (non-hydrogen) atoms. The van der Waals surface area contributed by atoms with Gasteiger partial charge in [0.25, 0.3) is 0 Å². The highest BCUT2D eigenvalue weighted by Crippen LogP contribution is 2.24. The topological polar surface area (TPSA) is 12.5 Å². The smallest absolute Gasteiger partial charge is 0.164 e. The lowest BCUT2D eigenvalue weighted by Gasteiger charge is -2.25. The highest BCUT2D eigenvalue weighted by atomic mass is 16.5. The van der Waals surface area contributed by atoms with Crippen molar-refractivity contribution in [2.24, 2.45) is 0 Å². The predicted octanol–water partition coefficient (Wildman–Crippen LogP) is 2.80. The van der Waals surface area contributed by atoms with Crippen molar-refractivity contribution < 1.29 is 4.74 Å². The van der Waals surface area contributed by atoms with Crippen molar-refractivity contribution in [3.05, 3.63) is 6.23 Å². The van der Waals surface area contributed by atoms with Crippen LogP contribution in [0.3, 0.4) is 0 Å². The van der Waals surface area contributed by atoms with Gasteiger partial charge in [0.15, 0.2) is 6.23 Å². The van der Waals surface area contributed by atoms with Gasteiger partial charge in [-0.2, -0.15) is 0 Å². The van der Waals surface area contributed by atoms with Crippen LogP contribution in [0.1, 0.15) is 46.0 Å². The van der Waals surface area contributed by atoms with E-state index in [-0.39, 0.29) is 0 Å². The van der Waals surface area contributed by atoms with Crippen LogP contribution in [0, 0.1) is 6.23 Å². The Bertz CT molecular complexity index is 121. The third-order valence-electron chi connectivity index (χ3n) is 2.43. The fourth-order valence-electron chi connectivity index (χ4n) is 1.72. The second-order valence-corrected chi connectivity index (χ2v) is 3.69. The Balaban J connectivity index is 2.26. The van der Waals surface area contributed by atoms with Gasteiger partial charge in [-0.3, -0.25) is 4.90 Å². The summed E-state index contributed by atoms with van der Waals surface area (Å²) in [5, 5.41) is 0. The third-order valence-corrected chi connectivity index (χ3v) is 2.43. The highest BCUT2D eigenvalue weighted by Gasteiger charge is 2.23. The fraction of sp³-hybridized carbons (Fsp3) is 0.909. The molecule has 1 aliphatic heterocycles. The van der Waals surface area contributed by atoms with Crippen LogP contribution in [0.25, 0.3) is 0 Å². The van der Waals surface area contributed by atoms with Crippen LogP contribution >= 0.6 is 0 Å². The Morgan fingerprint density at radius 1 is 1.23 bits per heavy atom. The summed E-state index contributed by atoms with van der Waals surface area (Å²) in [5.41, 5.74) is 0. The maximum Gasteiger partial charge on any atom is 0.164 e. The van der Waals surface area contributed by atoms with E-state index in [1.807, 2.05) is 0 Å². The standard InChI is InChI=1S/C11H22NO/c1-3-5-9-12(8-4-2)11-7-6-10-13-11/h3-10H2,1-2H3. The third kappa shape index (κ3) is 3.65. The number of hydrogen-bond donors (Lipinski definition) is 0. The summed E-state index contributed by atoms with van der Waals surface area (Å²) in [6.07, 6.45) is 7.39. The zero-order chi connectivity index (χ0) is 9.52. The molecule has 1 radical (unpaired) electrons. The molecule has 0 N–H and O–H groups in total. The van der Waals surface area contributed by atoms with Gasteiger partial charge in [0, 0.05) is 19.7 Å². The molecule has 1 aliphatic rings. The molecule has 77 valence electrons. The molecule has 0 aliphatic carbocycles. The molecular weight excluding hydrogens is 162 g/mol. The van der Waals surface area contributed by atoms with Crippen LogP contribution in [0.15, 0.2) is 0 Å². The SMILES string of the molecule is CCCCN(CCC)[C]1CCCO1. The summed E-state index contributed by atoms with van der Waals surface area (Å²) >= 11 is 0. The Morgan fingerprint density at radius 2 is 2.08 bits per heavy atom. The van der Waals surface area contributed by atoms with E-state index >= 15 is 0 Å². The molecule has 0 bridgehead atoms. The molecule has 0 saturated carbocycles. The van der Waals surface area contributed by atoms with Crippen molar-refractivity contribution in [1.29, 1.82) is 0 Å². The lowest BCUT2D eigenvalue weighted by molar-refractivity contribution is 0.0725. The average molecular weight is 184 g/mol. The van der Waals surface area contributed by atoms with Gasteiger partial charge in [0.05, 0.1) is 0 Å². The van der Waals surface area contributed by atoms with E-state index in [4.69, 9.17) is 4.74 Å². The van der Waals surface area contributed by atoms with Crippen molar-refractivity contribution >= 4 is 0 Å². The monoisotopic (exact) mass is 184 g/mol. The number of ether oxygens (including phenoxy) is 1. The van der Waals surface area contributed by atoms with Crippen LogP contribution in [0.4, 0.5) is 0 Å². The Labute approximate surface area is 82.3 Å². The Morgan fingerprint density at radius 3 is 2.62 bits per heavy atom. The van der Waals surface area contributed by atoms with Gasteiger partial charge in [-0.25, -0.2) is 0 Å². The van der Waals surface area contributed by atoms with Crippen molar-refractivity contribution in [1.82, 2.24) is 4.90 Å². The van der Waals surface area contributed by atoms with Gasteiger partial charge in [-0.1, -0.05) is 20.3 Å². The molecule has 2 nitrogen and oxygen atoms in total. The van der Waals surface area contributed by atoms with E-state index in [1.54, 1.807) is 0 Å². The van der Waals surface area contributed by atoms with Crippen molar-refractivity contribution in [3.8, 4) is 0 Å². The normalized spacial score (nSPS) is 18.7. The largest absolute Gasteiger partial charge is 0.356 e. The van der Waals surface area contributed by atoms with Crippen LogP contribution in [0.2, 0.25) is 0 Å². The Kier molecular flexibility index (Phi) is 5.40. The van der Waals surface area contributed by atoms with Crippen LogP contribution in [0.5, 0.6) is 0 Å². The van der Waals surface area contributed by atoms with Crippen molar-refractivity contribution in [3.63, 3.8) is 0 Å². The van der Waals surface area contributed by atoms with E-state index in [0.717, 1.165) is 19.6 Å². The summed E-state index contributed by atoms with van der Waals surface area (Å²) in [6, 6.07) is 0. The molecule has 0 aromatic carbocycles. The molecule has 0 atom stereocenters. The first kappa shape index (κ1) is 11.0. The molecule has 0 amide bonds. The van der Waals surface area contributed by atoms with Crippen LogP contribution in [-0.4, -0.2) is 24.6 Å². The number of nitrogens with zero attached hydrogens (tertiary/aromatic N) is 1. The molecule has 0 spiro atoms. The van der Waals surface area contributed by atoms with Gasteiger partial charge in [0.2, 0.25) is 0 Å². The van der Waals surface area contributed by atoms with Gasteiger partial charge >= 0.3 is 0 Å². The van der Waals surface area contributed by atoms with E-state index < -0.39 is 0 Å². The zero-order valence-corrected chi connectivity index (χ0v) is 9.01. The van der Waals surface area contributed by atoms with Gasteiger partial charge in [0.1, 0.15) is 0 Å². The number of rotatable bonds is 6. The van der Waals surface area contributed by atoms with Gasteiger partial charge in [-0.15, -0.1) is 0 Å². The number of unbranched alkanes of at least 4 members (excludes halogenated alkanes) is 1. The molecule has 1 heterocycles. The molecule has 1 rings (SSSR count). The van der Waals surface area contributed by atoms with E-state index in [2.05, 4.69) is 18.7 Å². The minimum Gasteiger partial charge on any atom is -0.356 e. The maximum absolute atomic E-state index is 5.61. The quantitative estimate of drug-likeness (QED) is 0.629. The minimum absolute atomic E-state index is 0.932. The molecule has 0 aromatic heterocycles. The molecule has 1 saturated heterocycles. The average Bonchev–Trinajstić information content (AvgIpc) is 2.65. The summed E-state index contributed by atoms with van der Waals surface area (Å²) in [7, 11) is 0. The summed E-state index contributed by atoms with van der Waals surface area (Å²) < 4.78 is 5.61. The van der Waals surface area contributed by atoms with Crippen molar-refractivity contribution in [2.45, 2.75) is 46.0 Å². The van der Waals surface area contributed by atoms with E-state index in [0.29, 0.717) is 0 Å². The first-order valence-corrected chi connectivity index (χ1v) is 5.62. The van der Waals surface area contributed by atoms with Crippen LogP contribution < -0.4 is 0 Å². The molecular formula is C11H22NO. The lowest BCUT2D eigenvalue weighted by Crippen LogP contribution is -2.30. The van der Waals surface area contributed by atoms with Gasteiger partial charge < -0.3 is 4.74 Å². The summed E-state index contributed by atoms with van der Waals surface area (Å²) in [5.74, 6) is 0. The number of hydrogen-bond acceptors (Lipinski definition) is 2. The second kappa shape index (κ2) is 6.39. The maximum atomic E-state index is 5.61. The van der Waals surface area contributed by atoms with Crippen LogP contribution in [-0.2, 0) is 4.74 Å². The minimum atomic E-state index is 0.932. The summed E-state index contributed by atoms with van der Waals surface area (Å²) in [6.45, 7) is 7.75. The van der Waals surface area contributed by atoms with Crippen molar-refractivity contribution in [2.75, 3.05) is 19.7 Å². The van der Waals surface area contributed by atoms with E-state index in [9.17, 15) is 0 Å². The second-order valence-electron chi connectivity index (χ2n) is 3.69.